The lowest BCUT2D eigenvalue weighted by Crippen LogP contribution is -2.29. The molecular formula is C26H30N2O5S. The highest BCUT2D eigenvalue weighted by molar-refractivity contribution is 7.89. The number of benzene rings is 3. The molecule has 1 amide bonds. The van der Waals surface area contributed by atoms with Gasteiger partial charge in [0, 0.05) is 38.3 Å². The molecule has 3 aromatic rings. The predicted octanol–water partition coefficient (Wildman–Crippen LogP) is 4.19. The highest BCUT2D eigenvalue weighted by Crippen LogP contribution is 2.29. The maximum Gasteiger partial charge on any atom is 0.253 e. The van der Waals surface area contributed by atoms with Gasteiger partial charge in [0.25, 0.3) is 5.91 Å². The van der Waals surface area contributed by atoms with Crippen LogP contribution in [-0.4, -0.2) is 51.3 Å². The van der Waals surface area contributed by atoms with E-state index in [1.165, 1.54) is 35.5 Å². The van der Waals surface area contributed by atoms with Crippen LogP contribution >= 0.6 is 0 Å². The molecule has 7 nitrogen and oxygen atoms in total. The average Bonchev–Trinajstić information content (AvgIpc) is 2.85. The molecule has 0 radical (unpaired) electrons. The summed E-state index contributed by atoms with van der Waals surface area (Å²) in [6, 6.07) is 21.3. The van der Waals surface area contributed by atoms with Crippen LogP contribution in [0.5, 0.6) is 11.5 Å². The number of hydrogen-bond donors (Lipinski definition) is 0. The summed E-state index contributed by atoms with van der Waals surface area (Å²) in [5.74, 6) is 0.585. The summed E-state index contributed by atoms with van der Waals surface area (Å²) in [5.41, 5.74) is 1.97. The first-order chi connectivity index (χ1) is 16.3. The summed E-state index contributed by atoms with van der Waals surface area (Å²) in [6.07, 6.45) is 0. The van der Waals surface area contributed by atoms with E-state index >= 15 is 0 Å². The van der Waals surface area contributed by atoms with Gasteiger partial charge < -0.3 is 14.4 Å². The van der Waals surface area contributed by atoms with Gasteiger partial charge in [-0.1, -0.05) is 48.5 Å². The molecule has 0 aliphatic heterocycles. The van der Waals surface area contributed by atoms with E-state index < -0.39 is 10.0 Å². The lowest BCUT2D eigenvalue weighted by molar-refractivity contribution is 0.0783. The topological polar surface area (TPSA) is 76.1 Å². The highest BCUT2D eigenvalue weighted by Gasteiger charge is 2.27. The number of sulfonamides is 1. The van der Waals surface area contributed by atoms with E-state index in [4.69, 9.17) is 9.47 Å². The summed E-state index contributed by atoms with van der Waals surface area (Å²) in [4.78, 5) is 14.7. The molecule has 0 aliphatic carbocycles. The van der Waals surface area contributed by atoms with Crippen molar-refractivity contribution in [1.82, 2.24) is 9.21 Å². The summed E-state index contributed by atoms with van der Waals surface area (Å²) in [7, 11) is 0.668. The van der Waals surface area contributed by atoms with E-state index in [1.807, 2.05) is 61.5 Å². The Morgan fingerprint density at radius 3 is 2.24 bits per heavy atom. The molecular weight excluding hydrogens is 452 g/mol. The van der Waals surface area contributed by atoms with E-state index in [0.29, 0.717) is 18.9 Å². The molecule has 0 N–H and O–H groups in total. The van der Waals surface area contributed by atoms with Crippen LogP contribution in [0, 0.1) is 0 Å². The Kier molecular flexibility index (Phi) is 8.31. The van der Waals surface area contributed by atoms with Crippen molar-refractivity contribution < 1.29 is 22.7 Å². The zero-order chi connectivity index (χ0) is 24.7. The molecule has 0 atom stereocenters. The van der Waals surface area contributed by atoms with Gasteiger partial charge in [-0.2, -0.15) is 4.31 Å². The van der Waals surface area contributed by atoms with Crippen molar-refractivity contribution in [2.45, 2.75) is 24.9 Å². The maximum absolute atomic E-state index is 13.4. The van der Waals surface area contributed by atoms with E-state index in [2.05, 4.69) is 0 Å². The lowest BCUT2D eigenvalue weighted by atomic mass is 10.1. The molecule has 8 heteroatoms. The molecule has 0 fully saturated rings. The van der Waals surface area contributed by atoms with Crippen molar-refractivity contribution in [3.63, 3.8) is 0 Å². The van der Waals surface area contributed by atoms with Gasteiger partial charge in [-0.05, 0) is 36.8 Å². The molecule has 180 valence electrons. The number of nitrogens with zero attached hydrogens (tertiary/aromatic N) is 2. The average molecular weight is 483 g/mol. The van der Waals surface area contributed by atoms with Crippen LogP contribution < -0.4 is 9.47 Å². The molecule has 0 heterocycles. The Bertz CT molecular complexity index is 1230. The summed E-state index contributed by atoms with van der Waals surface area (Å²) in [5, 5.41) is 0. The minimum Gasteiger partial charge on any atom is -0.495 e. The second kappa shape index (κ2) is 11.2. The SMILES string of the molecule is CCOc1ccccc1CN(C)C(=O)c1ccc(OC)c(S(=O)(=O)N(C)Cc2ccccc2)c1. The van der Waals surface area contributed by atoms with Gasteiger partial charge in [0.05, 0.1) is 13.7 Å². The van der Waals surface area contributed by atoms with E-state index in [9.17, 15) is 13.2 Å². The lowest BCUT2D eigenvalue weighted by Gasteiger charge is -2.22. The van der Waals surface area contributed by atoms with Crippen LogP contribution in [0.2, 0.25) is 0 Å². The zero-order valence-corrected chi connectivity index (χ0v) is 20.7. The smallest absolute Gasteiger partial charge is 0.253 e. The van der Waals surface area contributed by atoms with E-state index in [0.717, 1.165) is 11.1 Å². The Labute approximate surface area is 201 Å². The van der Waals surface area contributed by atoms with Gasteiger partial charge in [0.1, 0.15) is 16.4 Å². The molecule has 0 unspecified atom stereocenters. The Morgan fingerprint density at radius 2 is 1.56 bits per heavy atom. The summed E-state index contributed by atoms with van der Waals surface area (Å²) >= 11 is 0. The molecule has 3 rings (SSSR count). The second-order valence-corrected chi connectivity index (χ2v) is 9.83. The van der Waals surface area contributed by atoms with Crippen LogP contribution in [-0.2, 0) is 23.1 Å². The standard InChI is InChI=1S/C26H30N2O5S/c1-5-33-23-14-10-9-13-22(23)19-27(2)26(29)21-15-16-24(32-4)25(17-21)34(30,31)28(3)18-20-11-7-6-8-12-20/h6-17H,5,18-19H2,1-4H3. The Morgan fingerprint density at radius 1 is 0.882 bits per heavy atom. The number of ether oxygens (including phenoxy) is 2. The van der Waals surface area contributed by atoms with Crippen LogP contribution in [0.25, 0.3) is 0 Å². The van der Waals surface area contributed by atoms with Gasteiger partial charge in [-0.25, -0.2) is 8.42 Å². The van der Waals surface area contributed by atoms with Gasteiger partial charge in [-0.15, -0.1) is 0 Å². The third-order valence-corrected chi connectivity index (χ3v) is 7.20. The summed E-state index contributed by atoms with van der Waals surface area (Å²) in [6.45, 7) is 2.93. The third-order valence-electron chi connectivity index (χ3n) is 5.37. The minimum absolute atomic E-state index is 0.0533. The van der Waals surface area contributed by atoms with Gasteiger partial charge in [0.15, 0.2) is 0 Å². The fourth-order valence-electron chi connectivity index (χ4n) is 3.58. The molecule has 0 saturated heterocycles. The molecule has 0 saturated carbocycles. The van der Waals surface area contributed by atoms with Crippen LogP contribution in [0.15, 0.2) is 77.7 Å². The Balaban J connectivity index is 1.87. The van der Waals surface area contributed by atoms with E-state index in [-0.39, 0.29) is 28.7 Å². The third kappa shape index (κ3) is 5.76. The molecule has 34 heavy (non-hydrogen) atoms. The molecule has 0 aromatic heterocycles. The number of methoxy groups -OCH3 is 1. The highest BCUT2D eigenvalue weighted by atomic mass is 32.2. The monoisotopic (exact) mass is 482 g/mol. The van der Waals surface area contributed by atoms with Crippen molar-refractivity contribution in [1.29, 1.82) is 0 Å². The van der Waals surface area contributed by atoms with Crippen LogP contribution in [0.1, 0.15) is 28.4 Å². The van der Waals surface area contributed by atoms with Gasteiger partial charge >= 0.3 is 0 Å². The first-order valence-corrected chi connectivity index (χ1v) is 12.4. The maximum atomic E-state index is 13.4. The molecule has 3 aromatic carbocycles. The first kappa shape index (κ1) is 25.3. The first-order valence-electron chi connectivity index (χ1n) is 10.9. The van der Waals surface area contributed by atoms with Gasteiger partial charge in [0.2, 0.25) is 10.0 Å². The number of hydrogen-bond acceptors (Lipinski definition) is 5. The quantitative estimate of drug-likeness (QED) is 0.433. The number of carbonyl (C=O) groups is 1. The molecule has 0 aliphatic rings. The normalized spacial score (nSPS) is 11.3. The Hall–Kier alpha value is -3.36. The van der Waals surface area contributed by atoms with Crippen molar-refractivity contribution in [3.8, 4) is 11.5 Å². The predicted molar refractivity (Wildman–Crippen MR) is 131 cm³/mol. The number of rotatable bonds is 10. The number of amides is 1. The van der Waals surface area contributed by atoms with Crippen molar-refractivity contribution in [2.24, 2.45) is 0 Å². The fraction of sp³-hybridized carbons (Fsp3) is 0.269. The minimum atomic E-state index is -3.92. The van der Waals surface area contributed by atoms with Crippen molar-refractivity contribution in [3.05, 3.63) is 89.5 Å². The zero-order valence-electron chi connectivity index (χ0n) is 19.9. The summed E-state index contributed by atoms with van der Waals surface area (Å²) < 4.78 is 39.0. The van der Waals surface area contributed by atoms with Crippen LogP contribution in [0.3, 0.4) is 0 Å². The van der Waals surface area contributed by atoms with Crippen molar-refractivity contribution in [2.75, 3.05) is 27.8 Å². The van der Waals surface area contributed by atoms with Crippen LogP contribution in [0.4, 0.5) is 0 Å². The van der Waals surface area contributed by atoms with E-state index in [1.54, 1.807) is 13.1 Å². The second-order valence-electron chi connectivity index (χ2n) is 7.81. The molecule has 0 bridgehead atoms. The molecule has 0 spiro atoms. The number of para-hydroxylation sites is 1. The number of carbonyl (C=O) groups excluding carboxylic acids is 1. The fourth-order valence-corrected chi connectivity index (χ4v) is 4.92. The van der Waals surface area contributed by atoms with Crippen molar-refractivity contribution >= 4 is 15.9 Å². The van der Waals surface area contributed by atoms with Gasteiger partial charge in [-0.3, -0.25) is 4.79 Å². The largest absolute Gasteiger partial charge is 0.495 e.